The van der Waals surface area contributed by atoms with E-state index < -0.39 is 5.79 Å². The van der Waals surface area contributed by atoms with Crippen molar-refractivity contribution >= 4 is 0 Å². The Bertz CT molecular complexity index is 300. The molecule has 0 aliphatic heterocycles. The summed E-state index contributed by atoms with van der Waals surface area (Å²) in [5.74, 6) is 0.229. The quantitative estimate of drug-likeness (QED) is 0.690. The van der Waals surface area contributed by atoms with Gasteiger partial charge in [0.1, 0.15) is 0 Å². The number of benzene rings is 1. The molecule has 1 aromatic carbocycles. The lowest BCUT2D eigenvalue weighted by Gasteiger charge is -2.31. The van der Waals surface area contributed by atoms with Gasteiger partial charge in [-0.05, 0) is 18.8 Å². The molecule has 2 heteroatoms. The van der Waals surface area contributed by atoms with E-state index in [9.17, 15) is 0 Å². The fraction of sp³-hybridized carbons (Fsp3) is 0.538. The summed E-state index contributed by atoms with van der Waals surface area (Å²) in [6.45, 7) is 0. The first kappa shape index (κ1) is 10.7. The molecule has 82 valence electrons. The predicted octanol–water partition coefficient (Wildman–Crippen LogP) is 2.93. The molecule has 2 rings (SSSR count). The Morgan fingerprint density at radius 1 is 1.13 bits per heavy atom. The molecule has 0 unspecified atom stereocenters. The van der Waals surface area contributed by atoms with Crippen molar-refractivity contribution in [2.75, 3.05) is 14.2 Å². The minimum Gasteiger partial charge on any atom is -0.349 e. The SMILES string of the molecule is COC(CC1CC1)(OC)c1ccccc1. The second-order valence-corrected chi connectivity index (χ2v) is 4.17. The maximum absolute atomic E-state index is 5.60. The Kier molecular flexibility index (Phi) is 3.08. The van der Waals surface area contributed by atoms with E-state index in [1.807, 2.05) is 18.2 Å². The van der Waals surface area contributed by atoms with Crippen molar-refractivity contribution in [1.29, 1.82) is 0 Å². The molecule has 1 fully saturated rings. The molecule has 0 radical (unpaired) electrons. The highest BCUT2D eigenvalue weighted by molar-refractivity contribution is 5.20. The molecule has 2 nitrogen and oxygen atoms in total. The van der Waals surface area contributed by atoms with Crippen LogP contribution in [0.25, 0.3) is 0 Å². The molecule has 0 amide bonds. The summed E-state index contributed by atoms with van der Waals surface area (Å²) >= 11 is 0. The van der Waals surface area contributed by atoms with Gasteiger partial charge < -0.3 is 9.47 Å². The van der Waals surface area contributed by atoms with Crippen molar-refractivity contribution in [2.45, 2.75) is 25.0 Å². The second kappa shape index (κ2) is 4.33. The summed E-state index contributed by atoms with van der Waals surface area (Å²) in [5.41, 5.74) is 1.11. The monoisotopic (exact) mass is 206 g/mol. The van der Waals surface area contributed by atoms with E-state index in [1.165, 1.54) is 12.8 Å². The van der Waals surface area contributed by atoms with Crippen LogP contribution in [-0.2, 0) is 15.3 Å². The number of hydrogen-bond acceptors (Lipinski definition) is 2. The fourth-order valence-corrected chi connectivity index (χ4v) is 2.00. The number of rotatable bonds is 5. The summed E-state index contributed by atoms with van der Waals surface area (Å²) in [6.07, 6.45) is 3.58. The zero-order chi connectivity index (χ0) is 10.7. The molecule has 1 aliphatic rings. The largest absolute Gasteiger partial charge is 0.349 e. The molecule has 1 saturated carbocycles. The van der Waals surface area contributed by atoms with Crippen LogP contribution in [-0.4, -0.2) is 14.2 Å². The van der Waals surface area contributed by atoms with Gasteiger partial charge in [-0.2, -0.15) is 0 Å². The van der Waals surface area contributed by atoms with E-state index in [0.717, 1.165) is 17.9 Å². The third kappa shape index (κ3) is 2.21. The van der Waals surface area contributed by atoms with Gasteiger partial charge in [0.05, 0.1) is 0 Å². The molecule has 0 heterocycles. The van der Waals surface area contributed by atoms with Crippen molar-refractivity contribution in [3.8, 4) is 0 Å². The Hall–Kier alpha value is -0.860. The third-order valence-electron chi connectivity index (χ3n) is 3.13. The number of methoxy groups -OCH3 is 2. The molecule has 0 bridgehead atoms. The van der Waals surface area contributed by atoms with Gasteiger partial charge in [-0.3, -0.25) is 0 Å². The van der Waals surface area contributed by atoms with Crippen molar-refractivity contribution in [3.05, 3.63) is 35.9 Å². The first-order valence-corrected chi connectivity index (χ1v) is 5.46. The van der Waals surface area contributed by atoms with Gasteiger partial charge in [-0.1, -0.05) is 30.3 Å². The molecule has 0 N–H and O–H groups in total. The topological polar surface area (TPSA) is 18.5 Å². The lowest BCUT2D eigenvalue weighted by Crippen LogP contribution is -2.31. The zero-order valence-electron chi connectivity index (χ0n) is 9.40. The Labute approximate surface area is 91.2 Å². The standard InChI is InChI=1S/C13H18O2/c1-14-13(15-2,10-11-8-9-11)12-6-4-3-5-7-12/h3-7,11H,8-10H2,1-2H3. The summed E-state index contributed by atoms with van der Waals surface area (Å²) in [4.78, 5) is 0. The maximum Gasteiger partial charge on any atom is 0.194 e. The smallest absolute Gasteiger partial charge is 0.194 e. The fourth-order valence-electron chi connectivity index (χ4n) is 2.00. The van der Waals surface area contributed by atoms with E-state index in [4.69, 9.17) is 9.47 Å². The van der Waals surface area contributed by atoms with Crippen LogP contribution in [0.1, 0.15) is 24.8 Å². The Balaban J connectivity index is 2.23. The normalized spacial score (nSPS) is 16.7. The average molecular weight is 206 g/mol. The summed E-state index contributed by atoms with van der Waals surface area (Å²) < 4.78 is 11.2. The molecule has 0 atom stereocenters. The van der Waals surface area contributed by atoms with Crippen molar-refractivity contribution in [3.63, 3.8) is 0 Å². The van der Waals surface area contributed by atoms with Crippen LogP contribution in [0.3, 0.4) is 0 Å². The van der Waals surface area contributed by atoms with Gasteiger partial charge in [-0.15, -0.1) is 0 Å². The van der Waals surface area contributed by atoms with Crippen LogP contribution < -0.4 is 0 Å². The zero-order valence-corrected chi connectivity index (χ0v) is 9.40. The average Bonchev–Trinajstić information content (AvgIpc) is 3.11. The van der Waals surface area contributed by atoms with Crippen LogP contribution in [0.5, 0.6) is 0 Å². The van der Waals surface area contributed by atoms with Crippen molar-refractivity contribution < 1.29 is 9.47 Å². The van der Waals surface area contributed by atoms with Crippen LogP contribution in [0, 0.1) is 5.92 Å². The molecular weight excluding hydrogens is 188 g/mol. The lowest BCUT2D eigenvalue weighted by molar-refractivity contribution is -0.222. The van der Waals surface area contributed by atoms with Crippen molar-refractivity contribution in [2.24, 2.45) is 5.92 Å². The first-order valence-electron chi connectivity index (χ1n) is 5.46. The highest BCUT2D eigenvalue weighted by atomic mass is 16.7. The number of ether oxygens (including phenoxy) is 2. The molecule has 1 aliphatic carbocycles. The molecule has 1 aromatic rings. The van der Waals surface area contributed by atoms with Crippen LogP contribution >= 0.6 is 0 Å². The summed E-state index contributed by atoms with van der Waals surface area (Å²) in [5, 5.41) is 0. The van der Waals surface area contributed by atoms with Gasteiger partial charge in [-0.25, -0.2) is 0 Å². The van der Waals surface area contributed by atoms with Gasteiger partial charge in [0.2, 0.25) is 0 Å². The Morgan fingerprint density at radius 2 is 1.73 bits per heavy atom. The van der Waals surface area contributed by atoms with Gasteiger partial charge in [0.25, 0.3) is 0 Å². The maximum atomic E-state index is 5.60. The predicted molar refractivity (Wildman–Crippen MR) is 59.5 cm³/mol. The van der Waals surface area contributed by atoms with Gasteiger partial charge in [0, 0.05) is 26.2 Å². The van der Waals surface area contributed by atoms with E-state index in [-0.39, 0.29) is 0 Å². The molecule has 0 saturated heterocycles. The highest BCUT2D eigenvalue weighted by Gasteiger charge is 2.38. The molecule has 15 heavy (non-hydrogen) atoms. The van der Waals surface area contributed by atoms with Crippen molar-refractivity contribution in [1.82, 2.24) is 0 Å². The van der Waals surface area contributed by atoms with E-state index >= 15 is 0 Å². The van der Waals surface area contributed by atoms with Crippen LogP contribution in [0.4, 0.5) is 0 Å². The molecule has 0 aromatic heterocycles. The van der Waals surface area contributed by atoms with E-state index in [2.05, 4.69) is 12.1 Å². The molecule has 0 spiro atoms. The Morgan fingerprint density at radius 3 is 2.20 bits per heavy atom. The van der Waals surface area contributed by atoms with E-state index in [1.54, 1.807) is 14.2 Å². The van der Waals surface area contributed by atoms with Crippen LogP contribution in [0.15, 0.2) is 30.3 Å². The van der Waals surface area contributed by atoms with E-state index in [0.29, 0.717) is 0 Å². The minimum atomic E-state index is -0.539. The van der Waals surface area contributed by atoms with Gasteiger partial charge >= 0.3 is 0 Å². The second-order valence-electron chi connectivity index (χ2n) is 4.17. The highest BCUT2D eigenvalue weighted by Crippen LogP contribution is 2.42. The van der Waals surface area contributed by atoms with Crippen LogP contribution in [0.2, 0.25) is 0 Å². The summed E-state index contributed by atoms with van der Waals surface area (Å²) in [7, 11) is 3.44. The minimum absolute atomic E-state index is 0.539. The lowest BCUT2D eigenvalue weighted by atomic mass is 9.99. The molecular formula is C13H18O2. The number of hydrogen-bond donors (Lipinski definition) is 0. The van der Waals surface area contributed by atoms with Gasteiger partial charge in [0.15, 0.2) is 5.79 Å². The first-order chi connectivity index (χ1) is 7.30. The third-order valence-corrected chi connectivity index (χ3v) is 3.13. The summed E-state index contributed by atoms with van der Waals surface area (Å²) in [6, 6.07) is 10.2.